The minimum absolute atomic E-state index is 0.145. The molecule has 2 amide bonds. The summed E-state index contributed by atoms with van der Waals surface area (Å²) in [7, 11) is 0. The van der Waals surface area contributed by atoms with Crippen molar-refractivity contribution in [2.24, 2.45) is 0 Å². The van der Waals surface area contributed by atoms with Crippen LogP contribution in [0.2, 0.25) is 0 Å². The standard InChI is InChI=1S/C18H23N5O2S/c1-2-22-10-12-23(13-11-22)16(24)9-8-15-20-21-18(26-15)17(25)19-14-6-4-3-5-7-14/h3-7H,2,8-13H2,1H3,(H,19,25). The Morgan fingerprint density at radius 1 is 1.12 bits per heavy atom. The van der Waals surface area contributed by atoms with Crippen molar-refractivity contribution in [1.29, 1.82) is 0 Å². The lowest BCUT2D eigenvalue weighted by Crippen LogP contribution is -2.48. The van der Waals surface area contributed by atoms with Crippen LogP contribution in [0.15, 0.2) is 30.3 Å². The molecule has 0 saturated carbocycles. The molecule has 1 aromatic carbocycles. The molecule has 0 unspecified atom stereocenters. The van der Waals surface area contributed by atoms with Crippen molar-refractivity contribution in [3.63, 3.8) is 0 Å². The van der Waals surface area contributed by atoms with Crippen molar-refractivity contribution in [2.45, 2.75) is 19.8 Å². The Labute approximate surface area is 157 Å². The van der Waals surface area contributed by atoms with Gasteiger partial charge in [-0.2, -0.15) is 0 Å². The molecular weight excluding hydrogens is 350 g/mol. The first-order valence-electron chi connectivity index (χ1n) is 8.84. The maximum atomic E-state index is 12.3. The van der Waals surface area contributed by atoms with Crippen molar-refractivity contribution < 1.29 is 9.59 Å². The number of hydrogen-bond donors (Lipinski definition) is 1. The highest BCUT2D eigenvalue weighted by atomic mass is 32.1. The molecule has 2 heterocycles. The summed E-state index contributed by atoms with van der Waals surface area (Å²) in [6.07, 6.45) is 0.921. The number of nitrogens with zero attached hydrogens (tertiary/aromatic N) is 4. The quantitative estimate of drug-likeness (QED) is 0.837. The zero-order chi connectivity index (χ0) is 18.4. The van der Waals surface area contributed by atoms with E-state index in [1.807, 2.05) is 35.2 Å². The number of carbonyl (C=O) groups is 2. The third-order valence-electron chi connectivity index (χ3n) is 4.42. The highest BCUT2D eigenvalue weighted by Gasteiger charge is 2.20. The summed E-state index contributed by atoms with van der Waals surface area (Å²) >= 11 is 1.24. The van der Waals surface area contributed by atoms with Crippen LogP contribution in [-0.2, 0) is 11.2 Å². The van der Waals surface area contributed by atoms with E-state index in [4.69, 9.17) is 0 Å². The minimum atomic E-state index is -0.276. The Balaban J connectivity index is 1.47. The fraction of sp³-hybridized carbons (Fsp3) is 0.444. The third-order valence-corrected chi connectivity index (χ3v) is 5.40. The molecule has 1 aliphatic rings. The maximum Gasteiger partial charge on any atom is 0.286 e. The second-order valence-electron chi connectivity index (χ2n) is 6.14. The van der Waals surface area contributed by atoms with E-state index in [1.54, 1.807) is 0 Å². The van der Waals surface area contributed by atoms with Gasteiger partial charge >= 0.3 is 0 Å². The van der Waals surface area contributed by atoms with Crippen LogP contribution in [0.4, 0.5) is 5.69 Å². The molecular formula is C18H23N5O2S. The fourth-order valence-corrected chi connectivity index (χ4v) is 3.57. The number of nitrogens with one attached hydrogen (secondary N) is 1. The first-order chi connectivity index (χ1) is 12.7. The zero-order valence-electron chi connectivity index (χ0n) is 14.9. The van der Waals surface area contributed by atoms with Gasteiger partial charge in [-0.15, -0.1) is 10.2 Å². The lowest BCUT2D eigenvalue weighted by molar-refractivity contribution is -0.132. The average molecular weight is 373 g/mol. The number of likely N-dealkylation sites (N-methyl/N-ethyl adjacent to an activating group) is 1. The van der Waals surface area contributed by atoms with Crippen molar-refractivity contribution in [3.05, 3.63) is 40.3 Å². The van der Waals surface area contributed by atoms with E-state index in [9.17, 15) is 9.59 Å². The Morgan fingerprint density at radius 2 is 1.85 bits per heavy atom. The SMILES string of the molecule is CCN1CCN(C(=O)CCc2nnc(C(=O)Nc3ccccc3)s2)CC1. The van der Waals surface area contributed by atoms with Gasteiger partial charge in [-0.25, -0.2) is 0 Å². The van der Waals surface area contributed by atoms with Crippen LogP contribution in [0, 0.1) is 0 Å². The van der Waals surface area contributed by atoms with E-state index in [2.05, 4.69) is 27.3 Å². The first kappa shape index (κ1) is 18.5. The summed E-state index contributed by atoms with van der Waals surface area (Å²) < 4.78 is 0. The molecule has 0 spiro atoms. The van der Waals surface area contributed by atoms with E-state index < -0.39 is 0 Å². The number of carbonyl (C=O) groups excluding carboxylic acids is 2. The predicted octanol–water partition coefficient (Wildman–Crippen LogP) is 1.89. The molecule has 0 aliphatic carbocycles. The van der Waals surface area contributed by atoms with Crippen LogP contribution < -0.4 is 5.32 Å². The van der Waals surface area contributed by atoms with Gasteiger partial charge in [0.25, 0.3) is 5.91 Å². The number of aromatic nitrogens is 2. The topological polar surface area (TPSA) is 78.4 Å². The number of anilines is 1. The number of benzene rings is 1. The third kappa shape index (κ3) is 4.86. The number of piperazine rings is 1. The van der Waals surface area contributed by atoms with E-state index in [0.717, 1.165) is 38.4 Å². The van der Waals surface area contributed by atoms with Gasteiger partial charge in [0.2, 0.25) is 10.9 Å². The lowest BCUT2D eigenvalue weighted by Gasteiger charge is -2.34. The zero-order valence-corrected chi connectivity index (χ0v) is 15.7. The molecule has 1 aromatic heterocycles. The Hall–Kier alpha value is -2.32. The molecule has 7 nitrogen and oxygen atoms in total. The van der Waals surface area contributed by atoms with Crippen LogP contribution in [0.5, 0.6) is 0 Å². The van der Waals surface area contributed by atoms with Gasteiger partial charge in [-0.3, -0.25) is 9.59 Å². The summed E-state index contributed by atoms with van der Waals surface area (Å²) in [4.78, 5) is 28.8. The van der Waals surface area contributed by atoms with Gasteiger partial charge in [-0.05, 0) is 18.7 Å². The fourth-order valence-electron chi connectivity index (χ4n) is 2.84. The largest absolute Gasteiger partial charge is 0.340 e. The second kappa shape index (κ2) is 8.86. The number of rotatable bonds is 6. The number of para-hydroxylation sites is 1. The maximum absolute atomic E-state index is 12.3. The summed E-state index contributed by atoms with van der Waals surface area (Å²) in [5, 5.41) is 11.8. The van der Waals surface area contributed by atoms with Gasteiger partial charge in [0.15, 0.2) is 0 Å². The molecule has 26 heavy (non-hydrogen) atoms. The molecule has 0 bridgehead atoms. The predicted molar refractivity (Wildman–Crippen MR) is 101 cm³/mol. The van der Waals surface area contributed by atoms with Gasteiger partial charge in [0.1, 0.15) is 5.01 Å². The van der Waals surface area contributed by atoms with E-state index in [-0.39, 0.29) is 11.8 Å². The Kier molecular flexibility index (Phi) is 6.30. The van der Waals surface area contributed by atoms with Crippen molar-refractivity contribution in [2.75, 3.05) is 38.0 Å². The van der Waals surface area contributed by atoms with Crippen molar-refractivity contribution >= 4 is 28.8 Å². The van der Waals surface area contributed by atoms with Gasteiger partial charge in [-0.1, -0.05) is 36.5 Å². The van der Waals surface area contributed by atoms with E-state index in [1.165, 1.54) is 11.3 Å². The molecule has 1 aliphatic heterocycles. The molecule has 138 valence electrons. The number of hydrogen-bond acceptors (Lipinski definition) is 6. The van der Waals surface area contributed by atoms with Crippen LogP contribution in [0.3, 0.4) is 0 Å². The van der Waals surface area contributed by atoms with Gasteiger partial charge in [0, 0.05) is 44.7 Å². The van der Waals surface area contributed by atoms with Crippen molar-refractivity contribution in [3.8, 4) is 0 Å². The molecule has 0 radical (unpaired) electrons. The van der Waals surface area contributed by atoms with E-state index >= 15 is 0 Å². The van der Waals surface area contributed by atoms with Crippen molar-refractivity contribution in [1.82, 2.24) is 20.0 Å². The second-order valence-corrected chi connectivity index (χ2v) is 7.20. The van der Waals surface area contributed by atoms with Crippen LogP contribution in [0.25, 0.3) is 0 Å². The van der Waals surface area contributed by atoms with Crippen LogP contribution >= 0.6 is 11.3 Å². The molecule has 1 fully saturated rings. The highest BCUT2D eigenvalue weighted by Crippen LogP contribution is 2.15. The smallest absolute Gasteiger partial charge is 0.286 e. The van der Waals surface area contributed by atoms with Crippen LogP contribution in [-0.4, -0.2) is 64.5 Å². The monoisotopic (exact) mass is 373 g/mol. The van der Waals surface area contributed by atoms with Crippen LogP contribution in [0.1, 0.15) is 28.2 Å². The molecule has 1 N–H and O–H groups in total. The molecule has 2 aromatic rings. The summed E-state index contributed by atoms with van der Waals surface area (Å²) in [5.41, 5.74) is 0.718. The Morgan fingerprint density at radius 3 is 2.54 bits per heavy atom. The Bertz CT molecular complexity index is 741. The highest BCUT2D eigenvalue weighted by molar-refractivity contribution is 7.13. The summed E-state index contributed by atoms with van der Waals surface area (Å²) in [6.45, 7) is 6.61. The minimum Gasteiger partial charge on any atom is -0.340 e. The summed E-state index contributed by atoms with van der Waals surface area (Å²) in [5.74, 6) is -0.131. The average Bonchev–Trinajstić information content (AvgIpc) is 3.16. The van der Waals surface area contributed by atoms with E-state index in [0.29, 0.717) is 22.9 Å². The normalized spacial score (nSPS) is 15.0. The number of amides is 2. The lowest BCUT2D eigenvalue weighted by atomic mass is 10.2. The molecule has 3 rings (SSSR count). The van der Waals surface area contributed by atoms with Gasteiger partial charge in [0.05, 0.1) is 0 Å². The summed E-state index contributed by atoms with van der Waals surface area (Å²) in [6, 6.07) is 9.23. The number of aryl methyl sites for hydroxylation is 1. The molecule has 8 heteroatoms. The molecule has 1 saturated heterocycles. The molecule has 0 atom stereocenters. The van der Waals surface area contributed by atoms with Gasteiger partial charge < -0.3 is 15.1 Å². The first-order valence-corrected chi connectivity index (χ1v) is 9.66.